The topological polar surface area (TPSA) is 66.4 Å². The van der Waals surface area contributed by atoms with E-state index in [1.807, 2.05) is 6.92 Å². The summed E-state index contributed by atoms with van der Waals surface area (Å²) < 4.78 is 0. The third-order valence-electron chi connectivity index (χ3n) is 4.63. The monoisotopic (exact) mass is 303 g/mol. The maximum atomic E-state index is 12.2. The molecule has 0 spiro atoms. The zero-order valence-electron chi connectivity index (χ0n) is 13.3. The molecule has 2 rings (SSSR count). The molecule has 1 aliphatic carbocycles. The van der Waals surface area contributed by atoms with E-state index in [1.54, 1.807) is 0 Å². The lowest BCUT2D eigenvalue weighted by atomic mass is 9.95. The van der Waals surface area contributed by atoms with Gasteiger partial charge in [-0.3, -0.25) is 9.59 Å². The second kappa shape index (κ2) is 7.43. The summed E-state index contributed by atoms with van der Waals surface area (Å²) in [5, 5.41) is 12.1. The van der Waals surface area contributed by atoms with Gasteiger partial charge in [0.2, 0.25) is 5.91 Å². The fourth-order valence-electron chi connectivity index (χ4n) is 3.17. The lowest BCUT2D eigenvalue weighted by molar-refractivity contribution is -0.142. The van der Waals surface area contributed by atoms with Gasteiger partial charge in [-0.15, -0.1) is 0 Å². The molecule has 0 saturated heterocycles. The second-order valence-corrected chi connectivity index (χ2v) is 6.25. The minimum Gasteiger partial charge on any atom is -0.481 e. The van der Waals surface area contributed by atoms with E-state index < -0.39 is 11.9 Å². The first-order chi connectivity index (χ1) is 10.5. The number of carboxylic acid groups (broad SMARTS) is 1. The van der Waals surface area contributed by atoms with Crippen LogP contribution in [0.2, 0.25) is 0 Å². The van der Waals surface area contributed by atoms with Crippen LogP contribution in [0.25, 0.3) is 0 Å². The summed E-state index contributed by atoms with van der Waals surface area (Å²) in [4.78, 5) is 23.3. The van der Waals surface area contributed by atoms with Crippen LogP contribution in [0.4, 0.5) is 0 Å². The van der Waals surface area contributed by atoms with E-state index in [9.17, 15) is 9.59 Å². The zero-order chi connectivity index (χ0) is 16.1. The zero-order valence-corrected chi connectivity index (χ0v) is 13.3. The average molecular weight is 303 g/mol. The van der Waals surface area contributed by atoms with Gasteiger partial charge in [-0.25, -0.2) is 0 Å². The first kappa shape index (κ1) is 16.5. The first-order valence-electron chi connectivity index (χ1n) is 8.12. The average Bonchev–Trinajstić information content (AvgIpc) is 2.95. The Balaban J connectivity index is 1.89. The van der Waals surface area contributed by atoms with Gasteiger partial charge in [0.25, 0.3) is 0 Å². The molecule has 120 valence electrons. The molecule has 1 aliphatic rings. The highest BCUT2D eigenvalue weighted by molar-refractivity contribution is 5.79. The van der Waals surface area contributed by atoms with Crippen LogP contribution >= 0.6 is 0 Å². The Labute approximate surface area is 131 Å². The molecule has 1 unspecified atom stereocenters. The third kappa shape index (κ3) is 4.09. The summed E-state index contributed by atoms with van der Waals surface area (Å²) in [5.41, 5.74) is 2.43. The number of nitrogens with one attached hydrogen (secondary N) is 1. The molecular formula is C18H25NO3. The van der Waals surface area contributed by atoms with Gasteiger partial charge in [0, 0.05) is 12.5 Å². The van der Waals surface area contributed by atoms with E-state index in [1.165, 1.54) is 5.56 Å². The third-order valence-corrected chi connectivity index (χ3v) is 4.63. The van der Waals surface area contributed by atoms with Gasteiger partial charge in [0.1, 0.15) is 0 Å². The Bertz CT molecular complexity index is 524. The van der Waals surface area contributed by atoms with E-state index in [-0.39, 0.29) is 17.9 Å². The van der Waals surface area contributed by atoms with Gasteiger partial charge in [-0.1, -0.05) is 44.5 Å². The van der Waals surface area contributed by atoms with Crippen molar-refractivity contribution in [2.24, 2.45) is 5.92 Å². The Morgan fingerprint density at radius 2 is 1.95 bits per heavy atom. The Kier molecular flexibility index (Phi) is 5.58. The van der Waals surface area contributed by atoms with Crippen molar-refractivity contribution < 1.29 is 14.7 Å². The molecule has 4 heteroatoms. The highest BCUT2D eigenvalue weighted by atomic mass is 16.4. The van der Waals surface area contributed by atoms with Crippen molar-refractivity contribution in [3.05, 3.63) is 35.4 Å². The van der Waals surface area contributed by atoms with Crippen LogP contribution in [0.3, 0.4) is 0 Å². The highest BCUT2D eigenvalue weighted by Crippen LogP contribution is 2.26. The Morgan fingerprint density at radius 1 is 1.27 bits per heavy atom. The smallest absolute Gasteiger partial charge is 0.308 e. The van der Waals surface area contributed by atoms with Crippen LogP contribution in [-0.4, -0.2) is 23.0 Å². The maximum absolute atomic E-state index is 12.2. The first-order valence-corrected chi connectivity index (χ1v) is 8.12. The van der Waals surface area contributed by atoms with Gasteiger partial charge >= 0.3 is 5.97 Å². The molecule has 1 fully saturated rings. The summed E-state index contributed by atoms with van der Waals surface area (Å²) in [6, 6.07) is 8.14. The van der Waals surface area contributed by atoms with Crippen LogP contribution in [0.1, 0.15) is 56.6 Å². The van der Waals surface area contributed by atoms with Crippen LogP contribution in [0.15, 0.2) is 24.3 Å². The predicted molar refractivity (Wildman–Crippen MR) is 85.8 cm³/mol. The van der Waals surface area contributed by atoms with Gasteiger partial charge in [0.05, 0.1) is 5.92 Å². The van der Waals surface area contributed by atoms with Crippen molar-refractivity contribution in [3.8, 4) is 0 Å². The van der Waals surface area contributed by atoms with Gasteiger partial charge in [-0.05, 0) is 36.3 Å². The number of carboxylic acids is 1. The molecule has 1 saturated carbocycles. The van der Waals surface area contributed by atoms with Crippen molar-refractivity contribution in [2.75, 3.05) is 0 Å². The number of amides is 1. The SMILES string of the molecule is CCc1ccc(C(C)CC(=O)N[C@@H]2CCC[C@@H]2C(=O)O)cc1. The number of benzene rings is 1. The number of rotatable bonds is 6. The van der Waals surface area contributed by atoms with E-state index in [4.69, 9.17) is 5.11 Å². The van der Waals surface area contributed by atoms with Gasteiger partial charge < -0.3 is 10.4 Å². The molecule has 2 N–H and O–H groups in total. The number of aryl methyl sites for hydroxylation is 1. The summed E-state index contributed by atoms with van der Waals surface area (Å²) in [6.07, 6.45) is 3.70. The number of carbonyl (C=O) groups is 2. The highest BCUT2D eigenvalue weighted by Gasteiger charge is 2.33. The molecule has 3 atom stereocenters. The molecule has 0 aromatic heterocycles. The summed E-state index contributed by atoms with van der Waals surface area (Å²) in [7, 11) is 0. The van der Waals surface area contributed by atoms with Crippen LogP contribution in [0, 0.1) is 5.92 Å². The van der Waals surface area contributed by atoms with E-state index in [0.29, 0.717) is 12.8 Å². The Hall–Kier alpha value is -1.84. The number of hydrogen-bond donors (Lipinski definition) is 2. The van der Waals surface area contributed by atoms with Crippen molar-refractivity contribution in [1.82, 2.24) is 5.32 Å². The minimum atomic E-state index is -0.800. The number of carbonyl (C=O) groups excluding carboxylic acids is 1. The lowest BCUT2D eigenvalue weighted by Crippen LogP contribution is -2.40. The van der Waals surface area contributed by atoms with E-state index in [0.717, 1.165) is 24.8 Å². The van der Waals surface area contributed by atoms with E-state index in [2.05, 4.69) is 36.5 Å². The number of hydrogen-bond acceptors (Lipinski definition) is 2. The normalized spacial score (nSPS) is 22.3. The molecule has 1 aromatic rings. The molecule has 0 radical (unpaired) electrons. The molecule has 4 nitrogen and oxygen atoms in total. The quantitative estimate of drug-likeness (QED) is 0.848. The molecule has 0 bridgehead atoms. The maximum Gasteiger partial charge on any atom is 0.308 e. The predicted octanol–water partition coefficient (Wildman–Crippen LogP) is 3.11. The van der Waals surface area contributed by atoms with Crippen molar-refractivity contribution in [3.63, 3.8) is 0 Å². The van der Waals surface area contributed by atoms with Gasteiger partial charge in [-0.2, -0.15) is 0 Å². The van der Waals surface area contributed by atoms with Crippen LogP contribution < -0.4 is 5.32 Å². The summed E-state index contributed by atoms with van der Waals surface area (Å²) in [5.74, 6) is -1.14. The second-order valence-electron chi connectivity index (χ2n) is 6.25. The Morgan fingerprint density at radius 3 is 2.55 bits per heavy atom. The van der Waals surface area contributed by atoms with Crippen molar-refractivity contribution >= 4 is 11.9 Å². The minimum absolute atomic E-state index is 0.0507. The summed E-state index contributed by atoms with van der Waals surface area (Å²) in [6.45, 7) is 4.15. The molecular weight excluding hydrogens is 278 g/mol. The largest absolute Gasteiger partial charge is 0.481 e. The van der Waals surface area contributed by atoms with Crippen LogP contribution in [-0.2, 0) is 16.0 Å². The molecule has 22 heavy (non-hydrogen) atoms. The fourth-order valence-corrected chi connectivity index (χ4v) is 3.17. The van der Waals surface area contributed by atoms with Crippen molar-refractivity contribution in [2.45, 2.75) is 57.9 Å². The fraction of sp³-hybridized carbons (Fsp3) is 0.556. The molecule has 1 amide bonds. The van der Waals surface area contributed by atoms with Crippen molar-refractivity contribution in [1.29, 1.82) is 0 Å². The lowest BCUT2D eigenvalue weighted by Gasteiger charge is -2.19. The molecule has 1 aromatic carbocycles. The number of aliphatic carboxylic acids is 1. The standard InChI is InChI=1S/C18H25NO3/c1-3-13-7-9-14(10-8-13)12(2)11-17(20)19-16-6-4-5-15(16)18(21)22/h7-10,12,15-16H,3-6,11H2,1-2H3,(H,19,20)(H,21,22)/t12?,15-,16+/m0/s1. The van der Waals surface area contributed by atoms with Gasteiger partial charge in [0.15, 0.2) is 0 Å². The van der Waals surface area contributed by atoms with E-state index >= 15 is 0 Å². The van der Waals surface area contributed by atoms with Crippen LogP contribution in [0.5, 0.6) is 0 Å². The summed E-state index contributed by atoms with van der Waals surface area (Å²) >= 11 is 0. The molecule has 0 aliphatic heterocycles. The molecule has 0 heterocycles.